The molecule has 16 heavy (non-hydrogen) atoms. The molecule has 0 saturated heterocycles. The van der Waals surface area contributed by atoms with E-state index in [1.807, 2.05) is 0 Å². The Morgan fingerprint density at radius 2 is 1.38 bits per heavy atom. The largest absolute Gasteiger partial charge is 0.309 e. The maximum Gasteiger partial charge on any atom is 0.00990 e. The summed E-state index contributed by atoms with van der Waals surface area (Å²) in [7, 11) is 0. The average Bonchev–Trinajstić information content (AvgIpc) is 2.03. The Morgan fingerprint density at radius 1 is 0.875 bits per heavy atom. The summed E-state index contributed by atoms with van der Waals surface area (Å²) in [5, 5.41) is 3.74. The molecule has 0 amide bonds. The minimum Gasteiger partial charge on any atom is -0.309 e. The van der Waals surface area contributed by atoms with E-state index in [0.717, 1.165) is 12.0 Å². The molecule has 1 saturated carbocycles. The van der Waals surface area contributed by atoms with Crippen molar-refractivity contribution >= 4 is 0 Å². The van der Waals surface area contributed by atoms with Crippen LogP contribution in [-0.2, 0) is 0 Å². The zero-order valence-electron chi connectivity index (χ0n) is 12.2. The van der Waals surface area contributed by atoms with E-state index in [9.17, 15) is 0 Å². The first-order valence-corrected chi connectivity index (χ1v) is 6.93. The Hall–Kier alpha value is -0.0400. The van der Waals surface area contributed by atoms with Gasteiger partial charge >= 0.3 is 0 Å². The molecular formula is C15H31N. The topological polar surface area (TPSA) is 12.0 Å². The van der Waals surface area contributed by atoms with Crippen molar-refractivity contribution < 1.29 is 0 Å². The molecule has 0 unspecified atom stereocenters. The highest BCUT2D eigenvalue weighted by Gasteiger charge is 2.26. The highest BCUT2D eigenvalue weighted by molar-refractivity contribution is 4.84. The maximum absolute atomic E-state index is 3.74. The summed E-state index contributed by atoms with van der Waals surface area (Å²) in [5.41, 5.74) is 0.788. The lowest BCUT2D eigenvalue weighted by Crippen LogP contribution is -2.45. The number of hydrogen-bond donors (Lipinski definition) is 1. The van der Waals surface area contributed by atoms with E-state index in [0.29, 0.717) is 5.41 Å². The van der Waals surface area contributed by atoms with Gasteiger partial charge in [-0.25, -0.2) is 0 Å². The Labute approximate surface area is 102 Å². The Balaban J connectivity index is 2.29. The third kappa shape index (κ3) is 5.89. The molecule has 1 N–H and O–H groups in total. The van der Waals surface area contributed by atoms with E-state index in [1.165, 1.54) is 32.1 Å². The standard InChI is InChI=1S/C15H31N/c1-14(2,3)11-12-7-9-13(10-8-12)16-15(4,5)6/h12-13,16H,7-11H2,1-6H3/t12-,13-. The van der Waals surface area contributed by atoms with E-state index in [-0.39, 0.29) is 5.54 Å². The lowest BCUT2D eigenvalue weighted by atomic mass is 9.76. The second-order valence-electron chi connectivity index (χ2n) is 7.88. The average molecular weight is 225 g/mol. The van der Waals surface area contributed by atoms with E-state index in [4.69, 9.17) is 0 Å². The number of hydrogen-bond acceptors (Lipinski definition) is 1. The van der Waals surface area contributed by atoms with E-state index in [1.54, 1.807) is 0 Å². The molecule has 1 fully saturated rings. The molecular weight excluding hydrogens is 194 g/mol. The fraction of sp³-hybridized carbons (Fsp3) is 1.00. The molecule has 1 nitrogen and oxygen atoms in total. The van der Waals surface area contributed by atoms with Gasteiger partial charge in [-0.05, 0) is 64.2 Å². The van der Waals surface area contributed by atoms with E-state index in [2.05, 4.69) is 46.9 Å². The van der Waals surface area contributed by atoms with Crippen LogP contribution >= 0.6 is 0 Å². The van der Waals surface area contributed by atoms with Gasteiger partial charge in [0.1, 0.15) is 0 Å². The Morgan fingerprint density at radius 3 is 1.75 bits per heavy atom. The maximum atomic E-state index is 3.74. The highest BCUT2D eigenvalue weighted by Crippen LogP contribution is 2.34. The van der Waals surface area contributed by atoms with Gasteiger partial charge in [0.25, 0.3) is 0 Å². The highest BCUT2D eigenvalue weighted by atomic mass is 15.0. The fourth-order valence-corrected chi connectivity index (χ4v) is 2.99. The van der Waals surface area contributed by atoms with Gasteiger partial charge in [0.15, 0.2) is 0 Å². The first-order chi connectivity index (χ1) is 7.16. The molecule has 1 aliphatic rings. The van der Waals surface area contributed by atoms with Gasteiger partial charge in [0.2, 0.25) is 0 Å². The van der Waals surface area contributed by atoms with Gasteiger partial charge < -0.3 is 5.32 Å². The molecule has 0 aromatic heterocycles. The van der Waals surface area contributed by atoms with Gasteiger partial charge in [-0.15, -0.1) is 0 Å². The minimum absolute atomic E-state index is 0.279. The minimum atomic E-state index is 0.279. The molecule has 1 heteroatoms. The second kappa shape index (κ2) is 5.08. The summed E-state index contributed by atoms with van der Waals surface area (Å²) in [4.78, 5) is 0. The Bertz CT molecular complexity index is 174. The summed E-state index contributed by atoms with van der Waals surface area (Å²) >= 11 is 0. The quantitative estimate of drug-likeness (QED) is 0.736. The fourth-order valence-electron chi connectivity index (χ4n) is 2.99. The van der Waals surface area contributed by atoms with Crippen molar-refractivity contribution in [2.75, 3.05) is 0 Å². The van der Waals surface area contributed by atoms with Crippen molar-refractivity contribution in [3.05, 3.63) is 0 Å². The summed E-state index contributed by atoms with van der Waals surface area (Å²) < 4.78 is 0. The second-order valence-corrected chi connectivity index (χ2v) is 7.88. The van der Waals surface area contributed by atoms with Crippen LogP contribution in [-0.4, -0.2) is 11.6 Å². The summed E-state index contributed by atoms with van der Waals surface area (Å²) in [5.74, 6) is 0.970. The van der Waals surface area contributed by atoms with Crippen LogP contribution in [0.15, 0.2) is 0 Å². The molecule has 96 valence electrons. The van der Waals surface area contributed by atoms with Crippen molar-refractivity contribution in [1.29, 1.82) is 0 Å². The number of nitrogens with one attached hydrogen (secondary N) is 1. The van der Waals surface area contributed by atoms with Crippen LogP contribution in [0.3, 0.4) is 0 Å². The van der Waals surface area contributed by atoms with Crippen LogP contribution in [0.4, 0.5) is 0 Å². The molecule has 0 aromatic rings. The molecule has 0 bridgehead atoms. The normalized spacial score (nSPS) is 28.1. The molecule has 0 atom stereocenters. The lowest BCUT2D eigenvalue weighted by molar-refractivity contribution is 0.199. The third-order valence-electron chi connectivity index (χ3n) is 3.38. The first kappa shape index (κ1) is 14.0. The predicted molar refractivity (Wildman–Crippen MR) is 72.7 cm³/mol. The molecule has 1 rings (SSSR count). The molecule has 1 aliphatic carbocycles. The van der Waals surface area contributed by atoms with Crippen LogP contribution in [0, 0.1) is 11.3 Å². The lowest BCUT2D eigenvalue weighted by Gasteiger charge is -2.36. The monoisotopic (exact) mass is 225 g/mol. The van der Waals surface area contributed by atoms with Crippen molar-refractivity contribution in [3.63, 3.8) is 0 Å². The van der Waals surface area contributed by atoms with Gasteiger partial charge in [-0.2, -0.15) is 0 Å². The van der Waals surface area contributed by atoms with Crippen molar-refractivity contribution in [3.8, 4) is 0 Å². The van der Waals surface area contributed by atoms with Crippen molar-refractivity contribution in [1.82, 2.24) is 5.32 Å². The third-order valence-corrected chi connectivity index (χ3v) is 3.38. The van der Waals surface area contributed by atoms with Crippen LogP contribution in [0.5, 0.6) is 0 Å². The molecule has 0 spiro atoms. The van der Waals surface area contributed by atoms with Crippen LogP contribution < -0.4 is 5.32 Å². The summed E-state index contributed by atoms with van der Waals surface area (Å²) in [6, 6.07) is 0.760. The molecule has 0 heterocycles. The smallest absolute Gasteiger partial charge is 0.00990 e. The van der Waals surface area contributed by atoms with Gasteiger partial charge in [0, 0.05) is 11.6 Å². The number of rotatable bonds is 2. The zero-order chi connectivity index (χ0) is 12.4. The van der Waals surface area contributed by atoms with Crippen LogP contribution in [0.2, 0.25) is 0 Å². The molecule has 0 aliphatic heterocycles. The van der Waals surface area contributed by atoms with E-state index >= 15 is 0 Å². The van der Waals surface area contributed by atoms with Gasteiger partial charge in [-0.1, -0.05) is 20.8 Å². The zero-order valence-corrected chi connectivity index (χ0v) is 12.2. The van der Waals surface area contributed by atoms with Gasteiger partial charge in [-0.3, -0.25) is 0 Å². The van der Waals surface area contributed by atoms with Crippen LogP contribution in [0.25, 0.3) is 0 Å². The van der Waals surface area contributed by atoms with Crippen molar-refractivity contribution in [2.24, 2.45) is 11.3 Å². The first-order valence-electron chi connectivity index (χ1n) is 6.93. The van der Waals surface area contributed by atoms with Gasteiger partial charge in [0.05, 0.1) is 0 Å². The summed E-state index contributed by atoms with van der Waals surface area (Å²) in [6.45, 7) is 13.9. The van der Waals surface area contributed by atoms with E-state index < -0.39 is 0 Å². The van der Waals surface area contributed by atoms with Crippen molar-refractivity contribution in [2.45, 2.75) is 85.2 Å². The summed E-state index contributed by atoms with van der Waals surface area (Å²) in [6.07, 6.45) is 6.99. The molecule has 0 radical (unpaired) electrons. The Kier molecular flexibility index (Phi) is 4.45. The SMILES string of the molecule is CC(C)(C)C[C@H]1CC[C@H](NC(C)(C)C)CC1. The van der Waals surface area contributed by atoms with Crippen LogP contribution in [0.1, 0.15) is 73.6 Å². The predicted octanol–water partition coefficient (Wildman–Crippen LogP) is 4.37. The molecule has 0 aromatic carbocycles.